The molecular formula is C14H16N2O2. The normalized spacial score (nSPS) is 37.6. The van der Waals surface area contributed by atoms with Gasteiger partial charge in [0.15, 0.2) is 0 Å². The number of hydrogen-bond donors (Lipinski definition) is 0. The predicted molar refractivity (Wildman–Crippen MR) is 64.8 cm³/mol. The zero-order valence-corrected chi connectivity index (χ0v) is 10.2. The highest BCUT2D eigenvalue weighted by atomic mass is 16.2. The summed E-state index contributed by atoms with van der Waals surface area (Å²) in [5, 5.41) is 3.47. The smallest absolute Gasteiger partial charge is 0.257 e. The van der Waals surface area contributed by atoms with Crippen LogP contribution in [0.5, 0.6) is 0 Å². The molecule has 18 heavy (non-hydrogen) atoms. The second-order valence-corrected chi connectivity index (χ2v) is 5.60. The van der Waals surface area contributed by atoms with Crippen molar-refractivity contribution in [3.63, 3.8) is 0 Å². The van der Waals surface area contributed by atoms with Crippen molar-refractivity contribution in [2.24, 2.45) is 11.8 Å². The summed E-state index contributed by atoms with van der Waals surface area (Å²) in [6, 6.07) is 0.234. The minimum Gasteiger partial charge on any atom is -0.275 e. The fourth-order valence-electron chi connectivity index (χ4n) is 3.85. The van der Waals surface area contributed by atoms with Gasteiger partial charge in [-0.2, -0.15) is 5.01 Å². The first kappa shape index (κ1) is 10.4. The number of carbonyl (C=O) groups is 2. The topological polar surface area (TPSA) is 40.6 Å². The Morgan fingerprint density at radius 2 is 1.94 bits per heavy atom. The van der Waals surface area contributed by atoms with Gasteiger partial charge in [0.2, 0.25) is 0 Å². The van der Waals surface area contributed by atoms with Crippen molar-refractivity contribution in [2.45, 2.75) is 38.1 Å². The number of carbonyl (C=O) groups excluding carboxylic acids is 2. The summed E-state index contributed by atoms with van der Waals surface area (Å²) in [4.78, 5) is 24.8. The van der Waals surface area contributed by atoms with Crippen molar-refractivity contribution in [1.82, 2.24) is 10.0 Å². The molecule has 3 unspecified atom stereocenters. The van der Waals surface area contributed by atoms with E-state index in [2.05, 4.69) is 0 Å². The van der Waals surface area contributed by atoms with Crippen LogP contribution >= 0.6 is 0 Å². The minimum atomic E-state index is -0.109. The van der Waals surface area contributed by atoms with Crippen LogP contribution in [0.1, 0.15) is 32.1 Å². The van der Waals surface area contributed by atoms with Crippen LogP contribution < -0.4 is 0 Å². The summed E-state index contributed by atoms with van der Waals surface area (Å²) >= 11 is 0. The van der Waals surface area contributed by atoms with Crippen molar-refractivity contribution in [3.8, 4) is 0 Å². The first-order valence-corrected chi connectivity index (χ1v) is 6.82. The van der Waals surface area contributed by atoms with Gasteiger partial charge in [0.05, 0.1) is 17.9 Å². The van der Waals surface area contributed by atoms with Gasteiger partial charge in [-0.1, -0.05) is 25.0 Å². The van der Waals surface area contributed by atoms with Crippen LogP contribution in [0.4, 0.5) is 0 Å². The first-order chi connectivity index (χ1) is 8.79. The molecule has 1 saturated carbocycles. The summed E-state index contributed by atoms with van der Waals surface area (Å²) in [5.74, 6) is -0.0257. The van der Waals surface area contributed by atoms with E-state index < -0.39 is 0 Å². The Kier molecular flexibility index (Phi) is 1.99. The van der Waals surface area contributed by atoms with Crippen LogP contribution in [-0.2, 0) is 9.59 Å². The Bertz CT molecular complexity index is 494. The summed E-state index contributed by atoms with van der Waals surface area (Å²) in [6.07, 6.45) is 11.0. The van der Waals surface area contributed by atoms with E-state index in [1.807, 2.05) is 23.2 Å². The summed E-state index contributed by atoms with van der Waals surface area (Å²) in [5.41, 5.74) is 1.05. The number of hydrazine groups is 1. The van der Waals surface area contributed by atoms with E-state index in [0.29, 0.717) is 0 Å². The summed E-state index contributed by atoms with van der Waals surface area (Å²) in [7, 11) is 0. The molecule has 0 bridgehead atoms. The molecule has 0 aromatic carbocycles. The van der Waals surface area contributed by atoms with E-state index in [1.54, 1.807) is 0 Å². The number of allylic oxidation sites excluding steroid dienone is 3. The number of nitrogens with zero attached hydrogens (tertiary/aromatic N) is 2. The fraction of sp³-hybridized carbons (Fsp3) is 0.571. The SMILES string of the molecule is O=C1C2CC=CC=C2N2C3CCCCC3C(=O)N12. The highest BCUT2D eigenvalue weighted by molar-refractivity contribution is 6.02. The van der Waals surface area contributed by atoms with Gasteiger partial charge in [0, 0.05) is 5.70 Å². The predicted octanol–water partition coefficient (Wildman–Crippen LogP) is 1.60. The standard InChI is InChI=1S/C14H16N2O2/c17-13-9-5-1-3-7-11(9)15-12-8-4-2-6-10(12)14(18)16(13)15/h1,3,7,9-10,12H,2,4-6,8H2. The van der Waals surface area contributed by atoms with Crippen molar-refractivity contribution in [3.05, 3.63) is 23.9 Å². The zero-order chi connectivity index (χ0) is 12.3. The van der Waals surface area contributed by atoms with E-state index >= 15 is 0 Å². The molecule has 3 fully saturated rings. The zero-order valence-electron chi connectivity index (χ0n) is 10.2. The molecule has 2 aliphatic heterocycles. The molecule has 4 rings (SSSR count). The Hall–Kier alpha value is -1.58. The van der Waals surface area contributed by atoms with E-state index in [-0.39, 0.29) is 29.7 Å². The number of fused-ring (bicyclic) bond motifs is 5. The van der Waals surface area contributed by atoms with Crippen molar-refractivity contribution < 1.29 is 9.59 Å². The second kappa shape index (κ2) is 3.46. The van der Waals surface area contributed by atoms with E-state index in [4.69, 9.17) is 0 Å². The molecule has 0 spiro atoms. The second-order valence-electron chi connectivity index (χ2n) is 5.60. The van der Waals surface area contributed by atoms with Crippen LogP contribution in [0, 0.1) is 11.8 Å². The monoisotopic (exact) mass is 244 g/mol. The summed E-state index contributed by atoms with van der Waals surface area (Å²) in [6.45, 7) is 0. The lowest BCUT2D eigenvalue weighted by Crippen LogP contribution is -2.38. The van der Waals surface area contributed by atoms with Gasteiger partial charge in [0.1, 0.15) is 0 Å². The van der Waals surface area contributed by atoms with E-state index in [1.165, 1.54) is 11.4 Å². The third kappa shape index (κ3) is 1.11. The molecule has 0 radical (unpaired) electrons. The molecule has 3 atom stereocenters. The average molecular weight is 244 g/mol. The molecule has 4 heteroatoms. The number of amides is 2. The van der Waals surface area contributed by atoms with Gasteiger partial charge >= 0.3 is 0 Å². The third-order valence-electron chi connectivity index (χ3n) is 4.69. The highest BCUT2D eigenvalue weighted by Crippen LogP contribution is 2.46. The quantitative estimate of drug-likeness (QED) is 0.608. The fourth-order valence-corrected chi connectivity index (χ4v) is 3.85. The van der Waals surface area contributed by atoms with Gasteiger partial charge in [-0.15, -0.1) is 0 Å². The average Bonchev–Trinajstić information content (AvgIpc) is 2.87. The maximum absolute atomic E-state index is 12.4. The molecular weight excluding hydrogens is 228 g/mol. The molecule has 94 valence electrons. The van der Waals surface area contributed by atoms with Crippen LogP contribution in [0.2, 0.25) is 0 Å². The van der Waals surface area contributed by atoms with Crippen LogP contribution in [0.15, 0.2) is 23.9 Å². The number of rotatable bonds is 0. The first-order valence-electron chi connectivity index (χ1n) is 6.82. The van der Waals surface area contributed by atoms with Gasteiger partial charge in [-0.3, -0.25) is 14.6 Å². The molecule has 4 nitrogen and oxygen atoms in total. The molecule has 4 aliphatic rings. The van der Waals surface area contributed by atoms with Crippen LogP contribution in [-0.4, -0.2) is 27.9 Å². The van der Waals surface area contributed by atoms with E-state index in [9.17, 15) is 9.59 Å². The Morgan fingerprint density at radius 3 is 2.83 bits per heavy atom. The lowest BCUT2D eigenvalue weighted by Gasteiger charge is -2.31. The van der Waals surface area contributed by atoms with Gasteiger partial charge in [-0.25, -0.2) is 0 Å². The molecule has 0 aromatic rings. The van der Waals surface area contributed by atoms with Gasteiger partial charge in [-0.05, 0) is 25.3 Å². The Labute approximate surface area is 106 Å². The van der Waals surface area contributed by atoms with Gasteiger partial charge in [0.25, 0.3) is 11.8 Å². The number of hydrogen-bond acceptors (Lipinski definition) is 3. The molecule has 2 saturated heterocycles. The lowest BCUT2D eigenvalue weighted by atomic mass is 9.83. The van der Waals surface area contributed by atoms with Crippen molar-refractivity contribution in [1.29, 1.82) is 0 Å². The van der Waals surface area contributed by atoms with Crippen LogP contribution in [0.3, 0.4) is 0 Å². The number of imide groups is 1. The van der Waals surface area contributed by atoms with Gasteiger partial charge < -0.3 is 0 Å². The van der Waals surface area contributed by atoms with Crippen LogP contribution in [0.25, 0.3) is 0 Å². The molecule has 2 heterocycles. The molecule has 2 amide bonds. The maximum atomic E-state index is 12.4. The molecule has 0 aromatic heterocycles. The highest BCUT2D eigenvalue weighted by Gasteiger charge is 2.57. The molecule has 0 N–H and O–H groups in total. The van der Waals surface area contributed by atoms with E-state index in [0.717, 1.165) is 31.4 Å². The lowest BCUT2D eigenvalue weighted by molar-refractivity contribution is -0.150. The van der Waals surface area contributed by atoms with Crippen molar-refractivity contribution in [2.75, 3.05) is 0 Å². The Morgan fingerprint density at radius 1 is 1.11 bits per heavy atom. The molecule has 2 aliphatic carbocycles. The minimum absolute atomic E-state index is 0.00926. The maximum Gasteiger partial charge on any atom is 0.257 e. The Balaban J connectivity index is 1.80. The largest absolute Gasteiger partial charge is 0.275 e. The third-order valence-corrected chi connectivity index (χ3v) is 4.69. The summed E-state index contributed by atoms with van der Waals surface area (Å²) < 4.78 is 0. The van der Waals surface area contributed by atoms with Crippen molar-refractivity contribution >= 4 is 11.8 Å².